The zero-order chi connectivity index (χ0) is 55.2. The molecule has 422 valence electrons. The summed E-state index contributed by atoms with van der Waals surface area (Å²) in [5, 5.41) is 71.4. The summed E-state index contributed by atoms with van der Waals surface area (Å²) in [6.45, 7) is 19.5. The fourth-order valence-electron chi connectivity index (χ4n) is 11.0. The number of rotatable bonds is 27. The molecular weight excluding hydrogens is 980 g/mol. The van der Waals surface area contributed by atoms with Crippen molar-refractivity contribution >= 4 is 23.2 Å². The molecule has 1 saturated carbocycles. The number of benzene rings is 1. The van der Waals surface area contributed by atoms with Crippen LogP contribution in [0.4, 0.5) is 4.39 Å². The van der Waals surface area contributed by atoms with Gasteiger partial charge in [-0.05, 0) is 131 Å². The number of carbonyl (C=O) groups is 2. The second-order valence-electron chi connectivity index (χ2n) is 22.5. The zero-order valence-electron chi connectivity index (χ0n) is 46.1. The number of carbonyl (C=O) groups excluding carboxylic acids is 2. The summed E-state index contributed by atoms with van der Waals surface area (Å²) >= 11 is 1.40. The molecule has 1 amide bonds. The van der Waals surface area contributed by atoms with Gasteiger partial charge in [-0.25, -0.2) is 4.39 Å². The van der Waals surface area contributed by atoms with Crippen molar-refractivity contribution in [1.82, 2.24) is 20.1 Å². The van der Waals surface area contributed by atoms with Crippen molar-refractivity contribution in [2.24, 2.45) is 23.7 Å². The van der Waals surface area contributed by atoms with Gasteiger partial charge in [-0.3, -0.25) is 14.6 Å². The number of aromatic nitrogens is 1. The Labute approximate surface area is 442 Å². The number of aliphatic hydroxyl groups excluding tert-OH is 4. The van der Waals surface area contributed by atoms with Crippen molar-refractivity contribution in [2.75, 3.05) is 40.9 Å². The number of hydrogen-bond donors (Lipinski definition) is 7. The van der Waals surface area contributed by atoms with Crippen LogP contribution in [0.2, 0.25) is 0 Å². The monoisotopic (exact) mass is 1070 g/mol. The van der Waals surface area contributed by atoms with Crippen LogP contribution in [-0.4, -0.2) is 195 Å². The van der Waals surface area contributed by atoms with Crippen molar-refractivity contribution in [3.8, 4) is 10.4 Å². The maximum atomic E-state index is 15.2. The third-order valence-electron chi connectivity index (χ3n) is 16.0. The number of ether oxygens (including phenoxy) is 6. The van der Waals surface area contributed by atoms with Gasteiger partial charge < -0.3 is 74.2 Å². The molecule has 3 fully saturated rings. The Kier molecular flexibility index (Phi) is 22.0. The molecule has 3 aliphatic rings. The molecule has 20 heteroatoms. The minimum absolute atomic E-state index is 0.0568. The average Bonchev–Trinajstić information content (AvgIpc) is 3.89. The summed E-state index contributed by atoms with van der Waals surface area (Å²) in [5.74, 6) is -3.79. The number of nitrogens with one attached hydrogen (secondary N) is 1. The number of aliphatic hydroxyl groups is 6. The minimum Gasteiger partial charge on any atom is -0.459 e. The number of hydrogen-bond acceptors (Lipinski definition) is 18. The Morgan fingerprint density at radius 3 is 2.34 bits per heavy atom. The largest absolute Gasteiger partial charge is 0.459 e. The van der Waals surface area contributed by atoms with Gasteiger partial charge in [-0.15, -0.1) is 11.3 Å². The standard InChI is InChI=1S/C54H89FN4O14S/c1-15-19-58(12)32(6)46(62)54(11,67)42(16-2)71-50(65)31(5)45(72-43-24-53(10,68-14)47(63)33(7)70-43)30(4)48(52(8,9)66)73-51-44(61)40(20-29(3)69-51)59(13)26-36-22-38(36)49(64)57-37(27-60)21-34-17-18-35(23-39(34)55)41-25-56-28-74-41/h17-18,23,25,28-33,36-38,40,42-48,51,60-63,66-67H,15-16,19-22,24,26-27H2,1-14H3,(H,57,64)/t29-,30+,31-,32-,33+,36+,37+,38-,40+,42-,43+,44-,45+,46-,47+,48-,51+,53-,54-/m1/s1. The second kappa shape index (κ2) is 26.2. The van der Waals surface area contributed by atoms with Crippen LogP contribution >= 0.6 is 11.3 Å². The molecule has 1 aliphatic carbocycles. The van der Waals surface area contributed by atoms with Crippen LogP contribution in [-0.2, 0) is 44.4 Å². The Hall–Kier alpha value is -2.80. The van der Waals surface area contributed by atoms with Crippen LogP contribution in [0.3, 0.4) is 0 Å². The van der Waals surface area contributed by atoms with E-state index in [1.165, 1.54) is 31.4 Å². The van der Waals surface area contributed by atoms with E-state index in [0.29, 0.717) is 37.1 Å². The normalized spacial score (nSPS) is 30.7. The van der Waals surface area contributed by atoms with E-state index in [9.17, 15) is 40.2 Å². The Morgan fingerprint density at radius 2 is 1.76 bits per heavy atom. The number of nitrogens with zero attached hydrogens (tertiary/aromatic N) is 3. The Morgan fingerprint density at radius 1 is 1.07 bits per heavy atom. The molecule has 5 rings (SSSR count). The molecule has 19 atom stereocenters. The number of amides is 1. The van der Waals surface area contributed by atoms with Crippen molar-refractivity contribution in [1.29, 1.82) is 0 Å². The predicted octanol–water partition coefficient (Wildman–Crippen LogP) is 4.28. The van der Waals surface area contributed by atoms with E-state index >= 15 is 4.39 Å². The van der Waals surface area contributed by atoms with E-state index < -0.39 is 120 Å². The van der Waals surface area contributed by atoms with Gasteiger partial charge >= 0.3 is 5.97 Å². The molecule has 1 aromatic carbocycles. The van der Waals surface area contributed by atoms with E-state index in [-0.39, 0.29) is 43.6 Å². The van der Waals surface area contributed by atoms with Gasteiger partial charge in [-0.1, -0.05) is 32.9 Å². The van der Waals surface area contributed by atoms with Crippen LogP contribution in [0.5, 0.6) is 0 Å². The van der Waals surface area contributed by atoms with Crippen molar-refractivity contribution in [2.45, 2.75) is 211 Å². The first-order valence-corrected chi connectivity index (χ1v) is 27.3. The van der Waals surface area contributed by atoms with Gasteiger partial charge in [0.2, 0.25) is 5.91 Å². The molecule has 1 aromatic heterocycles. The molecule has 0 radical (unpaired) electrons. The van der Waals surface area contributed by atoms with Gasteiger partial charge in [0.25, 0.3) is 0 Å². The van der Waals surface area contributed by atoms with Crippen LogP contribution in [0.1, 0.15) is 114 Å². The number of likely N-dealkylation sites (N-methyl/N-ethyl adjacent to an activating group) is 2. The quantitative estimate of drug-likeness (QED) is 0.0618. The summed E-state index contributed by atoms with van der Waals surface area (Å²) in [5.41, 5.74) is -1.82. The highest BCUT2D eigenvalue weighted by molar-refractivity contribution is 7.13. The summed E-state index contributed by atoms with van der Waals surface area (Å²) in [7, 11) is 5.19. The topological polar surface area (TPSA) is 242 Å². The summed E-state index contributed by atoms with van der Waals surface area (Å²) in [6, 6.07) is 3.22. The SMILES string of the molecule is CCCN(C)[C@H](C)[C@@H](O)[C@](C)(O)[C@@H](CC)OC(=O)[C@H](C)[C@@H](O[C@H]1C[C@@](C)(OC)[C@@H](O)[C@H](C)O1)[C@H](C)[C@@H](O[C@@H]1O[C@H](C)C[C@H](N(C)C[C@@H]2C[C@H]2C(=O)N[C@H](CO)Cc2ccc(-c3cncs3)cc2F)[C@H]1O)C(C)(C)O. The van der Waals surface area contributed by atoms with Gasteiger partial charge in [-0.2, -0.15) is 0 Å². The van der Waals surface area contributed by atoms with Gasteiger partial charge in [0, 0.05) is 50.2 Å². The molecule has 2 aromatic rings. The molecule has 0 bridgehead atoms. The first-order chi connectivity index (χ1) is 34.6. The highest BCUT2D eigenvalue weighted by atomic mass is 32.1. The lowest BCUT2D eigenvalue weighted by Gasteiger charge is -2.48. The van der Waals surface area contributed by atoms with Crippen molar-refractivity contribution in [3.63, 3.8) is 0 Å². The molecule has 74 heavy (non-hydrogen) atoms. The van der Waals surface area contributed by atoms with E-state index in [4.69, 9.17) is 28.4 Å². The lowest BCUT2D eigenvalue weighted by Crippen LogP contribution is -2.60. The number of halogens is 1. The van der Waals surface area contributed by atoms with Crippen LogP contribution in [0, 0.1) is 29.5 Å². The molecule has 0 unspecified atom stereocenters. The third-order valence-corrected chi connectivity index (χ3v) is 16.8. The Bertz CT molecular complexity index is 2090. The second-order valence-corrected chi connectivity index (χ2v) is 23.4. The number of methoxy groups -OCH3 is 1. The minimum atomic E-state index is -1.85. The number of thiazole rings is 1. The van der Waals surface area contributed by atoms with Crippen molar-refractivity contribution < 1.29 is 73.0 Å². The van der Waals surface area contributed by atoms with Crippen LogP contribution in [0.15, 0.2) is 29.9 Å². The Balaban J connectivity index is 1.30. The van der Waals surface area contributed by atoms with Crippen LogP contribution < -0.4 is 5.32 Å². The van der Waals surface area contributed by atoms with Crippen LogP contribution in [0.25, 0.3) is 10.4 Å². The molecule has 18 nitrogen and oxygen atoms in total. The lowest BCUT2D eigenvalue weighted by atomic mass is 9.81. The average molecular weight is 1070 g/mol. The molecule has 2 saturated heterocycles. The fourth-order valence-corrected chi connectivity index (χ4v) is 11.6. The van der Waals surface area contributed by atoms with E-state index in [0.717, 1.165) is 11.3 Å². The van der Waals surface area contributed by atoms with E-state index in [1.54, 1.807) is 79.2 Å². The fraction of sp³-hybridized carbons (Fsp3) is 0.796. The first kappa shape index (κ1) is 62.0. The maximum absolute atomic E-state index is 15.2. The van der Waals surface area contributed by atoms with Crippen molar-refractivity contribution in [3.05, 3.63) is 41.3 Å². The van der Waals surface area contributed by atoms with Gasteiger partial charge in [0.05, 0.1) is 64.6 Å². The van der Waals surface area contributed by atoms with Gasteiger partial charge in [0.15, 0.2) is 12.6 Å². The molecule has 2 aliphatic heterocycles. The summed E-state index contributed by atoms with van der Waals surface area (Å²) < 4.78 is 52.9. The summed E-state index contributed by atoms with van der Waals surface area (Å²) in [4.78, 5) is 36.8. The van der Waals surface area contributed by atoms with E-state index in [1.807, 2.05) is 37.7 Å². The maximum Gasteiger partial charge on any atom is 0.311 e. The highest BCUT2D eigenvalue weighted by Crippen LogP contribution is 2.42. The lowest BCUT2D eigenvalue weighted by molar-refractivity contribution is -0.316. The summed E-state index contributed by atoms with van der Waals surface area (Å²) in [6.07, 6.45) is -6.51. The molecule has 0 spiro atoms. The zero-order valence-corrected chi connectivity index (χ0v) is 47.0. The third kappa shape index (κ3) is 15.1. The predicted molar refractivity (Wildman–Crippen MR) is 277 cm³/mol. The van der Waals surface area contributed by atoms with E-state index in [2.05, 4.69) is 10.3 Å². The highest BCUT2D eigenvalue weighted by Gasteiger charge is 2.52. The first-order valence-electron chi connectivity index (χ1n) is 26.5. The molecular formula is C54H89FN4O14S. The smallest absolute Gasteiger partial charge is 0.311 e. The molecule has 3 heterocycles. The van der Waals surface area contributed by atoms with Gasteiger partial charge in [0.1, 0.15) is 35.8 Å². The molecule has 7 N–H and O–H groups in total. The number of esters is 1.